The number of nitrogen functional groups attached to an aromatic ring is 1. The van der Waals surface area contributed by atoms with Crippen LogP contribution in [0.3, 0.4) is 0 Å². The number of nitrogens with one attached hydrogen (secondary N) is 1. The second-order valence-corrected chi connectivity index (χ2v) is 5.26. The summed E-state index contributed by atoms with van der Waals surface area (Å²) in [5.41, 5.74) is 7.01. The summed E-state index contributed by atoms with van der Waals surface area (Å²) in [6.07, 6.45) is 1.17. The molecule has 1 aromatic rings. The summed E-state index contributed by atoms with van der Waals surface area (Å²) in [5, 5.41) is 2.87. The standard InChI is InChI=1S/C15H23N3O3/c1-10(18-7-6-12(9-18)21-3)15(19)17-14-5-4-11(20-2)8-13(14)16/h4-5,8,10,12H,6-7,9,16H2,1-3H3,(H,17,19). The summed E-state index contributed by atoms with van der Waals surface area (Å²) in [5.74, 6) is 0.602. The molecule has 1 amide bonds. The first-order valence-electron chi connectivity index (χ1n) is 7.06. The van der Waals surface area contributed by atoms with E-state index in [2.05, 4.69) is 10.2 Å². The Labute approximate surface area is 125 Å². The van der Waals surface area contributed by atoms with Gasteiger partial charge in [0.25, 0.3) is 0 Å². The van der Waals surface area contributed by atoms with E-state index in [0.29, 0.717) is 17.1 Å². The van der Waals surface area contributed by atoms with Crippen LogP contribution in [0.2, 0.25) is 0 Å². The number of anilines is 2. The number of ether oxygens (including phenoxy) is 2. The molecule has 0 spiro atoms. The normalized spacial score (nSPS) is 20.2. The second kappa shape index (κ2) is 6.78. The number of carbonyl (C=O) groups is 1. The SMILES string of the molecule is COc1ccc(NC(=O)C(C)N2CCC(OC)C2)c(N)c1. The van der Waals surface area contributed by atoms with Gasteiger partial charge in [-0.1, -0.05) is 0 Å². The average Bonchev–Trinajstić information content (AvgIpc) is 2.97. The van der Waals surface area contributed by atoms with Gasteiger partial charge in [0.05, 0.1) is 30.6 Å². The number of hydrogen-bond donors (Lipinski definition) is 2. The quantitative estimate of drug-likeness (QED) is 0.801. The van der Waals surface area contributed by atoms with Gasteiger partial charge < -0.3 is 20.5 Å². The summed E-state index contributed by atoms with van der Waals surface area (Å²) in [7, 11) is 3.28. The van der Waals surface area contributed by atoms with E-state index in [1.54, 1.807) is 32.4 Å². The van der Waals surface area contributed by atoms with Crippen LogP contribution in [0.5, 0.6) is 5.75 Å². The van der Waals surface area contributed by atoms with E-state index in [-0.39, 0.29) is 18.1 Å². The Morgan fingerprint density at radius 1 is 1.48 bits per heavy atom. The maximum absolute atomic E-state index is 12.3. The predicted molar refractivity (Wildman–Crippen MR) is 82.5 cm³/mol. The first-order valence-corrected chi connectivity index (χ1v) is 7.06. The highest BCUT2D eigenvalue weighted by molar-refractivity contribution is 5.97. The van der Waals surface area contributed by atoms with Crippen LogP contribution in [0.15, 0.2) is 18.2 Å². The van der Waals surface area contributed by atoms with Crippen molar-refractivity contribution in [2.45, 2.75) is 25.5 Å². The zero-order valence-corrected chi connectivity index (χ0v) is 12.8. The van der Waals surface area contributed by atoms with Crippen molar-refractivity contribution >= 4 is 17.3 Å². The van der Waals surface area contributed by atoms with Crippen molar-refractivity contribution < 1.29 is 14.3 Å². The Hall–Kier alpha value is -1.79. The summed E-state index contributed by atoms with van der Waals surface area (Å²) < 4.78 is 10.4. The average molecular weight is 293 g/mol. The molecule has 1 aliphatic heterocycles. The smallest absolute Gasteiger partial charge is 0.241 e. The first-order chi connectivity index (χ1) is 10.0. The van der Waals surface area contributed by atoms with Crippen LogP contribution in [-0.2, 0) is 9.53 Å². The van der Waals surface area contributed by atoms with Crippen LogP contribution in [0.25, 0.3) is 0 Å². The fourth-order valence-corrected chi connectivity index (χ4v) is 2.48. The third-order valence-electron chi connectivity index (χ3n) is 3.95. The van der Waals surface area contributed by atoms with Crippen LogP contribution < -0.4 is 15.8 Å². The highest BCUT2D eigenvalue weighted by atomic mass is 16.5. The Morgan fingerprint density at radius 2 is 2.24 bits per heavy atom. The van der Waals surface area contributed by atoms with Gasteiger partial charge in [-0.25, -0.2) is 0 Å². The Bertz CT molecular complexity index is 507. The first kappa shape index (κ1) is 15.6. The van der Waals surface area contributed by atoms with Crippen molar-refractivity contribution in [1.29, 1.82) is 0 Å². The molecule has 2 rings (SSSR count). The van der Waals surface area contributed by atoms with E-state index in [1.165, 1.54) is 0 Å². The van der Waals surface area contributed by atoms with Gasteiger partial charge in [0.15, 0.2) is 0 Å². The highest BCUT2D eigenvalue weighted by Gasteiger charge is 2.29. The van der Waals surface area contributed by atoms with Crippen molar-refractivity contribution in [2.24, 2.45) is 0 Å². The van der Waals surface area contributed by atoms with Gasteiger partial charge in [-0.05, 0) is 25.5 Å². The third kappa shape index (κ3) is 3.65. The Balaban J connectivity index is 1.98. The molecule has 2 atom stereocenters. The molecule has 0 bridgehead atoms. The summed E-state index contributed by atoms with van der Waals surface area (Å²) >= 11 is 0. The van der Waals surface area contributed by atoms with Crippen molar-refractivity contribution in [2.75, 3.05) is 38.4 Å². The molecule has 0 radical (unpaired) electrons. The number of hydrogen-bond acceptors (Lipinski definition) is 5. The van der Waals surface area contributed by atoms with Gasteiger partial charge in [0, 0.05) is 26.3 Å². The summed E-state index contributed by atoms with van der Waals surface area (Å²) in [6, 6.07) is 5.00. The summed E-state index contributed by atoms with van der Waals surface area (Å²) in [6.45, 7) is 3.54. The number of rotatable bonds is 5. The predicted octanol–water partition coefficient (Wildman–Crippen LogP) is 1.33. The van der Waals surface area contributed by atoms with Crippen molar-refractivity contribution in [3.63, 3.8) is 0 Å². The number of benzene rings is 1. The van der Waals surface area contributed by atoms with E-state index in [9.17, 15) is 4.79 Å². The lowest BCUT2D eigenvalue weighted by Gasteiger charge is -2.23. The molecule has 21 heavy (non-hydrogen) atoms. The van der Waals surface area contributed by atoms with Crippen molar-refractivity contribution in [3.05, 3.63) is 18.2 Å². The maximum Gasteiger partial charge on any atom is 0.241 e. The molecule has 1 fully saturated rings. The number of nitrogens with two attached hydrogens (primary N) is 1. The molecule has 1 saturated heterocycles. The Morgan fingerprint density at radius 3 is 2.81 bits per heavy atom. The maximum atomic E-state index is 12.3. The van der Waals surface area contributed by atoms with Gasteiger partial charge in [0.1, 0.15) is 5.75 Å². The van der Waals surface area contributed by atoms with Crippen LogP contribution in [0.1, 0.15) is 13.3 Å². The lowest BCUT2D eigenvalue weighted by Crippen LogP contribution is -2.41. The largest absolute Gasteiger partial charge is 0.497 e. The fraction of sp³-hybridized carbons (Fsp3) is 0.533. The zero-order valence-electron chi connectivity index (χ0n) is 12.8. The molecule has 1 heterocycles. The van der Waals surface area contributed by atoms with E-state index < -0.39 is 0 Å². The number of methoxy groups -OCH3 is 2. The number of likely N-dealkylation sites (tertiary alicyclic amines) is 1. The number of amides is 1. The molecule has 0 aliphatic carbocycles. The van der Waals surface area contributed by atoms with Gasteiger partial charge in [0.2, 0.25) is 5.91 Å². The van der Waals surface area contributed by atoms with E-state index in [0.717, 1.165) is 19.5 Å². The lowest BCUT2D eigenvalue weighted by molar-refractivity contribution is -0.120. The second-order valence-electron chi connectivity index (χ2n) is 5.26. The van der Waals surface area contributed by atoms with E-state index in [4.69, 9.17) is 15.2 Å². The van der Waals surface area contributed by atoms with Crippen LogP contribution in [-0.4, -0.2) is 50.3 Å². The molecule has 3 N–H and O–H groups in total. The fourth-order valence-electron chi connectivity index (χ4n) is 2.48. The molecule has 1 aliphatic rings. The van der Waals surface area contributed by atoms with Crippen molar-refractivity contribution in [3.8, 4) is 5.75 Å². The van der Waals surface area contributed by atoms with Crippen molar-refractivity contribution in [1.82, 2.24) is 4.90 Å². The lowest BCUT2D eigenvalue weighted by atomic mass is 10.2. The molecule has 6 heteroatoms. The summed E-state index contributed by atoms with van der Waals surface area (Å²) in [4.78, 5) is 14.4. The molecule has 0 saturated carbocycles. The van der Waals surface area contributed by atoms with Crippen LogP contribution >= 0.6 is 0 Å². The molecule has 6 nitrogen and oxygen atoms in total. The topological polar surface area (TPSA) is 76.8 Å². The minimum Gasteiger partial charge on any atom is -0.497 e. The van der Waals surface area contributed by atoms with E-state index >= 15 is 0 Å². The minimum atomic E-state index is -0.216. The molecule has 1 aromatic carbocycles. The molecule has 116 valence electrons. The van der Waals surface area contributed by atoms with Gasteiger partial charge >= 0.3 is 0 Å². The third-order valence-corrected chi connectivity index (χ3v) is 3.95. The number of nitrogens with zero attached hydrogens (tertiary/aromatic N) is 1. The minimum absolute atomic E-state index is 0.0661. The molecule has 2 unspecified atom stereocenters. The zero-order chi connectivity index (χ0) is 15.4. The monoisotopic (exact) mass is 293 g/mol. The van der Waals surface area contributed by atoms with Crippen LogP contribution in [0.4, 0.5) is 11.4 Å². The molecular weight excluding hydrogens is 270 g/mol. The van der Waals surface area contributed by atoms with Gasteiger partial charge in [-0.3, -0.25) is 9.69 Å². The highest BCUT2D eigenvalue weighted by Crippen LogP contribution is 2.24. The number of carbonyl (C=O) groups excluding carboxylic acids is 1. The molecule has 0 aromatic heterocycles. The van der Waals surface area contributed by atoms with E-state index in [1.807, 2.05) is 6.92 Å². The van der Waals surface area contributed by atoms with Gasteiger partial charge in [-0.15, -0.1) is 0 Å². The van der Waals surface area contributed by atoms with Crippen LogP contribution in [0, 0.1) is 0 Å². The Kier molecular flexibility index (Phi) is 5.03. The van der Waals surface area contributed by atoms with Gasteiger partial charge in [-0.2, -0.15) is 0 Å². The molecular formula is C15H23N3O3.